The van der Waals surface area contributed by atoms with Crippen LogP contribution in [0.5, 0.6) is 0 Å². The molecule has 0 aromatic rings. The Morgan fingerprint density at radius 3 is 1.30 bits per heavy atom. The topological polar surface area (TPSA) is 55.8 Å². The molecule has 1 unspecified atom stereocenters. The van der Waals surface area contributed by atoms with Crippen LogP contribution in [0.25, 0.3) is 0 Å². The largest absolute Gasteiger partial charge is 0.457 e. The summed E-state index contributed by atoms with van der Waals surface area (Å²) in [5, 5.41) is 9.53. The third-order valence-corrected chi connectivity index (χ3v) is 8.84. The van der Waals surface area contributed by atoms with E-state index in [4.69, 9.17) is 9.47 Å². The summed E-state index contributed by atoms with van der Waals surface area (Å²) in [5.41, 5.74) is 0. The highest BCUT2D eigenvalue weighted by molar-refractivity contribution is 5.69. The number of hydrogen-bond acceptors (Lipinski definition) is 4. The lowest BCUT2D eigenvalue weighted by Gasteiger charge is -2.16. The average molecular weight is 623 g/mol. The molecule has 0 saturated heterocycles. The van der Waals surface area contributed by atoms with Crippen molar-refractivity contribution < 1.29 is 19.4 Å². The normalized spacial score (nSPS) is 12.3. The van der Waals surface area contributed by atoms with Crippen molar-refractivity contribution in [2.45, 2.75) is 219 Å². The average Bonchev–Trinajstić information content (AvgIpc) is 3.03. The maximum absolute atomic E-state index is 12.1. The lowest BCUT2D eigenvalue weighted by molar-refractivity contribution is -0.154. The fourth-order valence-electron chi connectivity index (χ4n) is 5.85. The first-order valence-electron chi connectivity index (χ1n) is 19.8. The van der Waals surface area contributed by atoms with Crippen molar-refractivity contribution in [1.29, 1.82) is 0 Å². The van der Waals surface area contributed by atoms with E-state index < -0.39 is 6.10 Å². The third kappa shape index (κ3) is 35.6. The van der Waals surface area contributed by atoms with E-state index in [1.165, 1.54) is 173 Å². The minimum Gasteiger partial charge on any atom is -0.457 e. The summed E-state index contributed by atoms with van der Waals surface area (Å²) >= 11 is 0. The maximum Gasteiger partial charge on any atom is 0.306 e. The van der Waals surface area contributed by atoms with Crippen LogP contribution >= 0.6 is 0 Å². The van der Waals surface area contributed by atoms with E-state index in [0.29, 0.717) is 19.6 Å². The van der Waals surface area contributed by atoms with Crippen molar-refractivity contribution in [1.82, 2.24) is 0 Å². The van der Waals surface area contributed by atoms with E-state index in [2.05, 4.69) is 26.0 Å². The number of aliphatic hydroxyl groups is 1. The number of ether oxygens (including phenoxy) is 2. The van der Waals surface area contributed by atoms with Gasteiger partial charge in [0.2, 0.25) is 0 Å². The number of hydrogen-bond donors (Lipinski definition) is 1. The first-order valence-corrected chi connectivity index (χ1v) is 19.8. The molecule has 1 atom stereocenters. The summed E-state index contributed by atoms with van der Waals surface area (Å²) in [6.07, 6.45) is 44.1. The van der Waals surface area contributed by atoms with Crippen LogP contribution in [0, 0.1) is 0 Å². The van der Waals surface area contributed by atoms with Gasteiger partial charge in [0.05, 0.1) is 13.2 Å². The summed E-state index contributed by atoms with van der Waals surface area (Å²) in [6, 6.07) is 0. The molecular formula is C40H78O4. The molecule has 4 heteroatoms. The monoisotopic (exact) mass is 623 g/mol. The quantitative estimate of drug-likeness (QED) is 0.0425. The number of carbonyl (C=O) groups is 1. The van der Waals surface area contributed by atoms with Crippen molar-refractivity contribution >= 4 is 5.97 Å². The lowest BCUT2D eigenvalue weighted by atomic mass is 10.0. The fourth-order valence-corrected chi connectivity index (χ4v) is 5.85. The van der Waals surface area contributed by atoms with Crippen LogP contribution in [0.15, 0.2) is 12.2 Å². The molecule has 0 radical (unpaired) electrons. The maximum atomic E-state index is 12.1. The smallest absolute Gasteiger partial charge is 0.306 e. The number of unbranched alkanes of at least 4 members (excludes halogenated alkanes) is 27. The van der Waals surface area contributed by atoms with Crippen molar-refractivity contribution in [2.24, 2.45) is 0 Å². The van der Waals surface area contributed by atoms with E-state index in [1.54, 1.807) is 0 Å². The Kier molecular flexibility index (Phi) is 37.6. The Morgan fingerprint density at radius 2 is 0.886 bits per heavy atom. The number of allylic oxidation sites excluding steroid dienone is 2. The molecule has 0 fully saturated rings. The van der Waals surface area contributed by atoms with Crippen LogP contribution < -0.4 is 0 Å². The Hall–Kier alpha value is -0.870. The minimum absolute atomic E-state index is 0.167. The molecule has 0 aliphatic rings. The zero-order valence-electron chi connectivity index (χ0n) is 29.9. The lowest BCUT2D eigenvalue weighted by Crippen LogP contribution is -2.27. The van der Waals surface area contributed by atoms with Crippen molar-refractivity contribution in [3.8, 4) is 0 Å². The van der Waals surface area contributed by atoms with Gasteiger partial charge in [-0.2, -0.15) is 0 Å². The summed E-state index contributed by atoms with van der Waals surface area (Å²) < 4.78 is 11.1. The van der Waals surface area contributed by atoms with Gasteiger partial charge in [-0.25, -0.2) is 0 Å². The molecular weight excluding hydrogens is 544 g/mol. The van der Waals surface area contributed by atoms with Crippen LogP contribution in [0.1, 0.15) is 213 Å². The van der Waals surface area contributed by atoms with Gasteiger partial charge in [-0.05, 0) is 38.5 Å². The fraction of sp³-hybridized carbons (Fsp3) is 0.925. The Morgan fingerprint density at radius 1 is 0.523 bits per heavy atom. The predicted molar refractivity (Wildman–Crippen MR) is 191 cm³/mol. The second-order valence-electron chi connectivity index (χ2n) is 13.4. The number of carbonyl (C=O) groups excluding carboxylic acids is 1. The number of rotatable bonds is 37. The molecule has 0 spiro atoms. The highest BCUT2D eigenvalue weighted by Crippen LogP contribution is 2.14. The third-order valence-electron chi connectivity index (χ3n) is 8.84. The molecule has 0 aromatic heterocycles. The molecule has 0 saturated carbocycles. The second kappa shape index (κ2) is 38.3. The molecule has 0 amide bonds. The minimum atomic E-state index is -0.526. The summed E-state index contributed by atoms with van der Waals surface area (Å²) in [7, 11) is 0. The second-order valence-corrected chi connectivity index (χ2v) is 13.4. The zero-order valence-corrected chi connectivity index (χ0v) is 29.9. The molecule has 0 bridgehead atoms. The number of aliphatic hydroxyl groups excluding tert-OH is 1. The van der Waals surface area contributed by atoms with Gasteiger partial charge in [0.15, 0.2) is 0 Å². The van der Waals surface area contributed by atoms with Gasteiger partial charge in [-0.1, -0.05) is 180 Å². The standard InChI is InChI=1S/C40H78O4/c1-3-5-7-9-11-13-14-15-16-17-18-19-20-21-22-23-24-25-26-27-29-31-33-35-40(42)44-39(37-41)38-43-36-34-32-30-28-12-10-8-6-4-2/h17-18,39,41H,3-16,19-38H2,1-2H3/b18-17-. The van der Waals surface area contributed by atoms with Crippen molar-refractivity contribution in [2.75, 3.05) is 19.8 Å². The van der Waals surface area contributed by atoms with Gasteiger partial charge in [-0.3, -0.25) is 4.79 Å². The molecule has 0 aromatic carbocycles. The van der Waals surface area contributed by atoms with Crippen molar-refractivity contribution in [3.63, 3.8) is 0 Å². The Bertz CT molecular complexity index is 576. The van der Waals surface area contributed by atoms with Gasteiger partial charge >= 0.3 is 5.97 Å². The van der Waals surface area contributed by atoms with Gasteiger partial charge in [-0.15, -0.1) is 0 Å². The van der Waals surface area contributed by atoms with E-state index in [0.717, 1.165) is 19.3 Å². The van der Waals surface area contributed by atoms with E-state index in [1.807, 2.05) is 0 Å². The van der Waals surface area contributed by atoms with Gasteiger partial charge in [0.1, 0.15) is 6.10 Å². The van der Waals surface area contributed by atoms with Crippen molar-refractivity contribution in [3.05, 3.63) is 12.2 Å². The van der Waals surface area contributed by atoms with E-state index in [9.17, 15) is 9.90 Å². The molecule has 1 N–H and O–H groups in total. The summed E-state index contributed by atoms with van der Waals surface area (Å²) in [5.74, 6) is -0.199. The highest BCUT2D eigenvalue weighted by atomic mass is 16.6. The molecule has 262 valence electrons. The van der Waals surface area contributed by atoms with Crippen LogP contribution in [-0.2, 0) is 14.3 Å². The predicted octanol–water partition coefficient (Wildman–Crippen LogP) is 12.6. The molecule has 0 aliphatic carbocycles. The first-order chi connectivity index (χ1) is 21.7. The van der Waals surface area contributed by atoms with Gasteiger partial charge < -0.3 is 14.6 Å². The molecule has 0 heterocycles. The van der Waals surface area contributed by atoms with Crippen LogP contribution in [0.2, 0.25) is 0 Å². The van der Waals surface area contributed by atoms with E-state index in [-0.39, 0.29) is 12.6 Å². The molecule has 4 nitrogen and oxygen atoms in total. The SMILES string of the molecule is CCCCCCCCCC/C=C\CCCCCCCCCCCCCC(=O)OC(CO)COCCCCCCCCCCC. The Balaban J connectivity index is 3.36. The van der Waals surface area contributed by atoms with Gasteiger partial charge in [0.25, 0.3) is 0 Å². The van der Waals surface area contributed by atoms with Crippen LogP contribution in [0.3, 0.4) is 0 Å². The highest BCUT2D eigenvalue weighted by Gasteiger charge is 2.13. The summed E-state index contributed by atoms with van der Waals surface area (Å²) in [4.78, 5) is 12.1. The van der Waals surface area contributed by atoms with Crippen LogP contribution in [-0.4, -0.2) is 37.0 Å². The molecule has 0 aliphatic heterocycles. The van der Waals surface area contributed by atoms with E-state index >= 15 is 0 Å². The summed E-state index contributed by atoms with van der Waals surface area (Å²) in [6.45, 7) is 5.36. The number of esters is 1. The zero-order chi connectivity index (χ0) is 32.0. The van der Waals surface area contributed by atoms with Gasteiger partial charge in [0, 0.05) is 13.0 Å². The van der Waals surface area contributed by atoms with Crippen LogP contribution in [0.4, 0.5) is 0 Å². The Labute approximate surface area is 275 Å². The first kappa shape index (κ1) is 43.1. The molecule has 44 heavy (non-hydrogen) atoms. The molecule has 0 rings (SSSR count).